The van der Waals surface area contributed by atoms with Gasteiger partial charge in [0.25, 0.3) is 0 Å². The number of rotatable bonds is 5. The van der Waals surface area contributed by atoms with E-state index in [1.54, 1.807) is 6.20 Å². The van der Waals surface area contributed by atoms with Gasteiger partial charge < -0.3 is 11.1 Å². The summed E-state index contributed by atoms with van der Waals surface area (Å²) in [5, 5.41) is 3.86. The molecule has 0 fully saturated rings. The molecule has 21 heavy (non-hydrogen) atoms. The lowest BCUT2D eigenvalue weighted by molar-refractivity contribution is -0.122. The van der Waals surface area contributed by atoms with Crippen molar-refractivity contribution in [3.63, 3.8) is 0 Å². The van der Waals surface area contributed by atoms with Gasteiger partial charge in [-0.3, -0.25) is 9.78 Å². The van der Waals surface area contributed by atoms with Gasteiger partial charge in [-0.25, -0.2) is 0 Å². The molecular weight excluding hydrogens is 282 g/mol. The van der Waals surface area contributed by atoms with Crippen LogP contribution in [0.2, 0.25) is 0 Å². The SMILES string of the molecule is CCC(CC)(C(=O)Nc1cccc2ncccc12)C(N)=S. The van der Waals surface area contributed by atoms with Gasteiger partial charge in [0.2, 0.25) is 5.91 Å². The highest BCUT2D eigenvalue weighted by Gasteiger charge is 2.38. The highest BCUT2D eigenvalue weighted by Crippen LogP contribution is 2.30. The first-order valence-electron chi connectivity index (χ1n) is 7.00. The fourth-order valence-corrected chi connectivity index (χ4v) is 2.87. The predicted octanol–water partition coefficient (Wildman–Crippen LogP) is 3.27. The molecule has 4 nitrogen and oxygen atoms in total. The lowest BCUT2D eigenvalue weighted by Crippen LogP contribution is -2.45. The van der Waals surface area contributed by atoms with E-state index in [-0.39, 0.29) is 10.9 Å². The number of nitrogens with zero attached hydrogens (tertiary/aromatic N) is 1. The number of fused-ring (bicyclic) bond motifs is 1. The monoisotopic (exact) mass is 301 g/mol. The third kappa shape index (κ3) is 2.74. The number of pyridine rings is 1. The number of amides is 1. The predicted molar refractivity (Wildman–Crippen MR) is 90.2 cm³/mol. The molecule has 0 aliphatic rings. The van der Waals surface area contributed by atoms with Crippen LogP contribution in [0.1, 0.15) is 26.7 Å². The zero-order chi connectivity index (χ0) is 15.5. The zero-order valence-corrected chi connectivity index (χ0v) is 13.0. The number of benzene rings is 1. The molecule has 0 spiro atoms. The van der Waals surface area contributed by atoms with E-state index in [2.05, 4.69) is 10.3 Å². The van der Waals surface area contributed by atoms with Gasteiger partial charge in [-0.15, -0.1) is 0 Å². The summed E-state index contributed by atoms with van der Waals surface area (Å²) in [6, 6.07) is 9.41. The van der Waals surface area contributed by atoms with Crippen LogP contribution in [-0.2, 0) is 4.79 Å². The van der Waals surface area contributed by atoms with E-state index in [1.807, 2.05) is 44.2 Å². The quantitative estimate of drug-likeness (QED) is 0.832. The number of aromatic nitrogens is 1. The molecule has 0 aliphatic carbocycles. The highest BCUT2D eigenvalue weighted by atomic mass is 32.1. The minimum Gasteiger partial charge on any atom is -0.392 e. The summed E-state index contributed by atoms with van der Waals surface area (Å²) >= 11 is 5.12. The van der Waals surface area contributed by atoms with Crippen LogP contribution >= 0.6 is 12.2 Å². The fraction of sp³-hybridized carbons (Fsp3) is 0.312. The number of hydrogen-bond acceptors (Lipinski definition) is 3. The van der Waals surface area contributed by atoms with Crippen LogP contribution in [0.3, 0.4) is 0 Å². The van der Waals surface area contributed by atoms with Crippen LogP contribution in [0.15, 0.2) is 36.5 Å². The summed E-state index contributed by atoms with van der Waals surface area (Å²) < 4.78 is 0. The van der Waals surface area contributed by atoms with E-state index >= 15 is 0 Å². The maximum Gasteiger partial charge on any atom is 0.237 e. The third-order valence-corrected chi connectivity index (χ3v) is 4.40. The van der Waals surface area contributed by atoms with Gasteiger partial charge >= 0.3 is 0 Å². The van der Waals surface area contributed by atoms with Gasteiger partial charge in [-0.2, -0.15) is 0 Å². The number of anilines is 1. The van der Waals surface area contributed by atoms with Gasteiger partial charge in [0.05, 0.1) is 21.6 Å². The Morgan fingerprint density at radius 3 is 2.62 bits per heavy atom. The molecule has 1 aromatic heterocycles. The lowest BCUT2D eigenvalue weighted by atomic mass is 9.81. The molecule has 0 saturated heterocycles. The third-order valence-electron chi connectivity index (χ3n) is 4.01. The van der Waals surface area contributed by atoms with Crippen molar-refractivity contribution < 1.29 is 4.79 Å². The summed E-state index contributed by atoms with van der Waals surface area (Å²) in [7, 11) is 0. The van der Waals surface area contributed by atoms with Crippen LogP contribution in [0, 0.1) is 5.41 Å². The largest absolute Gasteiger partial charge is 0.392 e. The zero-order valence-electron chi connectivity index (χ0n) is 12.2. The van der Waals surface area contributed by atoms with Crippen molar-refractivity contribution in [1.29, 1.82) is 0 Å². The Bertz CT molecular complexity index is 675. The van der Waals surface area contributed by atoms with Crippen LogP contribution in [0.5, 0.6) is 0 Å². The second-order valence-electron chi connectivity index (χ2n) is 4.98. The molecule has 0 radical (unpaired) electrons. The molecule has 1 heterocycles. The van der Waals surface area contributed by atoms with Gasteiger partial charge in [0, 0.05) is 11.6 Å². The first-order valence-corrected chi connectivity index (χ1v) is 7.41. The summed E-state index contributed by atoms with van der Waals surface area (Å²) in [5.41, 5.74) is 6.58. The van der Waals surface area contributed by atoms with Gasteiger partial charge in [0.1, 0.15) is 0 Å². The minimum absolute atomic E-state index is 0.156. The molecule has 0 aliphatic heterocycles. The van der Waals surface area contributed by atoms with Gasteiger partial charge in [-0.05, 0) is 37.1 Å². The van der Waals surface area contributed by atoms with Gasteiger partial charge in [0.15, 0.2) is 0 Å². The number of carbonyl (C=O) groups is 1. The van der Waals surface area contributed by atoms with Crippen molar-refractivity contribution in [2.24, 2.45) is 11.1 Å². The molecule has 1 amide bonds. The Morgan fingerprint density at radius 1 is 1.29 bits per heavy atom. The molecule has 0 saturated carbocycles. The molecule has 0 bridgehead atoms. The molecule has 5 heteroatoms. The number of nitrogens with one attached hydrogen (secondary N) is 1. The first kappa shape index (κ1) is 15.4. The Morgan fingerprint density at radius 2 is 2.00 bits per heavy atom. The molecule has 0 unspecified atom stereocenters. The van der Waals surface area contributed by atoms with Crippen molar-refractivity contribution >= 4 is 39.7 Å². The van der Waals surface area contributed by atoms with Crippen molar-refractivity contribution in [3.05, 3.63) is 36.5 Å². The Labute approximate surface area is 129 Å². The Kier molecular flexibility index (Phi) is 4.53. The molecule has 3 N–H and O–H groups in total. The number of thiocarbonyl (C=S) groups is 1. The lowest BCUT2D eigenvalue weighted by Gasteiger charge is -2.29. The van der Waals surface area contributed by atoms with Crippen LogP contribution in [0.4, 0.5) is 5.69 Å². The van der Waals surface area contributed by atoms with Gasteiger partial charge in [-0.1, -0.05) is 32.1 Å². The average Bonchev–Trinajstić information content (AvgIpc) is 2.49. The first-order chi connectivity index (χ1) is 10.0. The van der Waals surface area contributed by atoms with Crippen LogP contribution < -0.4 is 11.1 Å². The molecule has 2 rings (SSSR count). The van der Waals surface area contributed by atoms with Crippen molar-refractivity contribution in [2.45, 2.75) is 26.7 Å². The summed E-state index contributed by atoms with van der Waals surface area (Å²) in [5.74, 6) is -0.156. The Hall–Kier alpha value is -2.01. The topological polar surface area (TPSA) is 68.0 Å². The summed E-state index contributed by atoms with van der Waals surface area (Å²) in [6.07, 6.45) is 2.88. The van der Waals surface area contributed by atoms with Crippen molar-refractivity contribution in [2.75, 3.05) is 5.32 Å². The van der Waals surface area contributed by atoms with Crippen LogP contribution in [-0.4, -0.2) is 15.9 Å². The molecule has 0 atom stereocenters. The van der Waals surface area contributed by atoms with E-state index in [9.17, 15) is 4.79 Å². The number of hydrogen-bond donors (Lipinski definition) is 2. The second kappa shape index (κ2) is 6.18. The van der Waals surface area contributed by atoms with E-state index in [4.69, 9.17) is 18.0 Å². The minimum atomic E-state index is -0.806. The standard InChI is InChI=1S/C16H19N3OS/c1-3-16(4-2,14(17)21)15(20)19-13-9-5-8-12-11(13)7-6-10-18-12/h5-10H,3-4H2,1-2H3,(H2,17,21)(H,19,20). The van der Waals surface area contributed by atoms with E-state index < -0.39 is 5.41 Å². The van der Waals surface area contributed by atoms with Crippen molar-refractivity contribution in [1.82, 2.24) is 4.98 Å². The van der Waals surface area contributed by atoms with Crippen molar-refractivity contribution in [3.8, 4) is 0 Å². The average molecular weight is 301 g/mol. The highest BCUT2D eigenvalue weighted by molar-refractivity contribution is 7.80. The molecule has 110 valence electrons. The summed E-state index contributed by atoms with van der Waals surface area (Å²) in [6.45, 7) is 3.85. The van der Waals surface area contributed by atoms with E-state index in [0.29, 0.717) is 12.8 Å². The fourth-order valence-electron chi connectivity index (χ4n) is 2.49. The maximum atomic E-state index is 12.7. The maximum absolute atomic E-state index is 12.7. The second-order valence-corrected chi connectivity index (χ2v) is 5.42. The molecule has 2 aromatic rings. The Balaban J connectivity index is 2.40. The smallest absolute Gasteiger partial charge is 0.237 e. The van der Waals surface area contributed by atoms with Crippen LogP contribution in [0.25, 0.3) is 10.9 Å². The van der Waals surface area contributed by atoms with E-state index in [1.165, 1.54) is 0 Å². The normalized spacial score (nSPS) is 11.3. The van der Waals surface area contributed by atoms with E-state index in [0.717, 1.165) is 16.6 Å². The number of nitrogens with two attached hydrogens (primary N) is 1. The number of carbonyl (C=O) groups excluding carboxylic acids is 1. The molecular formula is C16H19N3OS. The summed E-state index contributed by atoms with van der Waals surface area (Å²) in [4.78, 5) is 17.2. The molecule has 1 aromatic carbocycles.